The molecule has 0 unspecified atom stereocenters. The van der Waals surface area contributed by atoms with E-state index in [1.807, 2.05) is 32.2 Å². The second kappa shape index (κ2) is 17.6. The van der Waals surface area contributed by atoms with Crippen molar-refractivity contribution in [3.8, 4) is 5.75 Å². The molecule has 4 rings (SSSR count). The molecule has 4 bridgehead atoms. The van der Waals surface area contributed by atoms with E-state index in [0.29, 0.717) is 23.6 Å². The van der Waals surface area contributed by atoms with Gasteiger partial charge in [-0.3, -0.25) is 14.4 Å². The van der Waals surface area contributed by atoms with Crippen molar-refractivity contribution >= 4 is 62.6 Å². The molecule has 0 spiro atoms. The number of benzene rings is 1. The number of likely N-dealkylation sites (N-methyl/N-ethyl adjacent to an activating group) is 1. The van der Waals surface area contributed by atoms with Crippen molar-refractivity contribution in [1.82, 2.24) is 4.90 Å². The fraction of sp³-hybridized carbons (Fsp3) is 0.622. The normalized spacial score (nSPS) is 31.7. The highest BCUT2D eigenvalue weighted by Gasteiger charge is 2.64. The molecule has 2 fully saturated rings. The van der Waals surface area contributed by atoms with Crippen LogP contribution in [0.4, 0.5) is 5.69 Å². The molecule has 3 aliphatic rings. The summed E-state index contributed by atoms with van der Waals surface area (Å²) in [5.74, 6) is -1.42. The number of epoxide rings is 1. The molecule has 2 saturated heterocycles. The first kappa shape index (κ1) is 42.0. The van der Waals surface area contributed by atoms with Crippen LogP contribution in [0.25, 0.3) is 0 Å². The molecule has 0 aliphatic carbocycles. The number of hydrogen-bond donors (Lipinski definition) is 1. The second-order valence-electron chi connectivity index (χ2n) is 14.0. The number of aliphatic hydroxyl groups is 1. The quantitative estimate of drug-likeness (QED) is 0.153. The predicted octanol–water partition coefficient (Wildman–Crippen LogP) is 5.17. The molecule has 12 nitrogen and oxygen atoms in total. The van der Waals surface area contributed by atoms with E-state index in [9.17, 15) is 24.3 Å². The van der Waals surface area contributed by atoms with Crippen molar-refractivity contribution in [3.05, 3.63) is 46.5 Å². The number of rotatable bonds is 9. The molecule has 2 amide bonds. The molecule has 0 radical (unpaired) electrons. The van der Waals surface area contributed by atoms with E-state index in [1.165, 1.54) is 24.0 Å². The van der Waals surface area contributed by atoms with E-state index in [2.05, 4.69) is 0 Å². The summed E-state index contributed by atoms with van der Waals surface area (Å²) < 4.78 is 29.4. The Labute approximate surface area is 319 Å². The standard InChI is InChI=1S/C37H51ClN2O10S2/c1-21-11-10-12-28(47-8)37(45)19-27(48-32(43)20-37)22(2)34-36(4,50-34)29(49-35(44)23(3)39(5)30(41)13-14-52-51-9)18-31(42)40(6)25-16-24(15-21)17-26(46-7)33(25)38/h10-12,16-17,22-23,27-29,34,45H,13-15,18-20H2,1-9H3/b12-10+,21-11+/t22-,23+,27+,28-,29+,34+,36+,37-/m1/s1. The average Bonchev–Trinajstić information content (AvgIpc) is 3.80. The van der Waals surface area contributed by atoms with E-state index < -0.39 is 65.4 Å². The third-order valence-electron chi connectivity index (χ3n) is 10.3. The zero-order valence-electron chi connectivity index (χ0n) is 31.3. The van der Waals surface area contributed by atoms with E-state index in [1.54, 1.807) is 67.7 Å². The lowest BCUT2D eigenvalue weighted by atomic mass is 9.78. The average molecular weight is 783 g/mol. The van der Waals surface area contributed by atoms with Crippen LogP contribution in [0.3, 0.4) is 0 Å². The molecule has 52 heavy (non-hydrogen) atoms. The third-order valence-corrected chi connectivity index (χ3v) is 12.5. The lowest BCUT2D eigenvalue weighted by Crippen LogP contribution is -2.53. The van der Waals surface area contributed by atoms with Crippen LogP contribution in [0, 0.1) is 5.92 Å². The molecule has 15 heteroatoms. The SMILES string of the molecule is COc1cc2cc(c1Cl)N(C)C(=O)C[C@H](OC(=O)[C@H](C)N(C)C(=O)CCSSC)[C@]1(C)O[C@H]1[C@H](C)[C@@H]1C[C@@](O)(CC(=O)O1)[C@H](OC)/C=C/C=C(\C)C2. The molecular weight excluding hydrogens is 732 g/mol. The molecule has 0 saturated carbocycles. The smallest absolute Gasteiger partial charge is 0.328 e. The number of anilines is 1. The van der Waals surface area contributed by atoms with E-state index >= 15 is 0 Å². The topological polar surface area (TPSA) is 144 Å². The highest BCUT2D eigenvalue weighted by Crippen LogP contribution is 2.50. The van der Waals surface area contributed by atoms with E-state index in [-0.39, 0.29) is 36.6 Å². The van der Waals surface area contributed by atoms with Gasteiger partial charge in [0.25, 0.3) is 0 Å². The van der Waals surface area contributed by atoms with E-state index in [0.717, 1.165) is 11.1 Å². The van der Waals surface area contributed by atoms with Crippen LogP contribution in [0.2, 0.25) is 5.02 Å². The summed E-state index contributed by atoms with van der Waals surface area (Å²) in [5, 5.41) is 12.1. The van der Waals surface area contributed by atoms with Crippen LogP contribution >= 0.6 is 33.2 Å². The Kier molecular flexibility index (Phi) is 14.2. The number of carbonyl (C=O) groups is 4. The van der Waals surface area contributed by atoms with Gasteiger partial charge in [-0.2, -0.15) is 0 Å². The number of hydrogen-bond acceptors (Lipinski definition) is 12. The maximum absolute atomic E-state index is 14.1. The number of halogens is 1. The summed E-state index contributed by atoms with van der Waals surface area (Å²) >= 11 is 6.76. The number of nitrogens with zero attached hydrogens (tertiary/aromatic N) is 2. The maximum Gasteiger partial charge on any atom is 0.328 e. The lowest BCUT2D eigenvalue weighted by molar-refractivity contribution is -0.187. The first-order valence-electron chi connectivity index (χ1n) is 17.2. The number of carbonyl (C=O) groups excluding carboxylic acids is 4. The Hall–Kier alpha value is -2.75. The van der Waals surface area contributed by atoms with Crippen LogP contribution in [0.5, 0.6) is 5.75 Å². The van der Waals surface area contributed by atoms with Gasteiger partial charge >= 0.3 is 11.9 Å². The maximum atomic E-state index is 14.1. The molecule has 1 aromatic rings. The second-order valence-corrected chi connectivity index (χ2v) is 17.0. The summed E-state index contributed by atoms with van der Waals surface area (Å²) in [4.78, 5) is 56.4. The first-order chi connectivity index (χ1) is 24.5. The van der Waals surface area contributed by atoms with Gasteiger partial charge in [0, 0.05) is 45.7 Å². The van der Waals surface area contributed by atoms with Crippen LogP contribution in [0.1, 0.15) is 58.9 Å². The van der Waals surface area contributed by atoms with Crippen LogP contribution in [0.15, 0.2) is 35.9 Å². The third kappa shape index (κ3) is 9.48. The molecular formula is C37H51ClN2O10S2. The fourth-order valence-electron chi connectivity index (χ4n) is 6.86. The number of ether oxygens (including phenoxy) is 5. The van der Waals surface area contributed by atoms with Crippen LogP contribution in [-0.2, 0) is 44.5 Å². The number of allylic oxidation sites excluding steroid dienone is 3. The lowest BCUT2D eigenvalue weighted by Gasteiger charge is -2.41. The summed E-state index contributed by atoms with van der Waals surface area (Å²) in [6.45, 7) is 7.09. The molecule has 3 aliphatic heterocycles. The number of fused-ring (bicyclic) bond motifs is 5. The minimum atomic E-state index is -1.57. The highest BCUT2D eigenvalue weighted by molar-refractivity contribution is 8.76. The monoisotopic (exact) mass is 782 g/mol. The largest absolute Gasteiger partial charge is 0.495 e. The number of methoxy groups -OCH3 is 2. The van der Waals surface area contributed by atoms with Crippen molar-refractivity contribution in [3.63, 3.8) is 0 Å². The molecule has 288 valence electrons. The Bertz CT molecular complexity index is 1570. The first-order valence-corrected chi connectivity index (χ1v) is 20.3. The summed E-state index contributed by atoms with van der Waals surface area (Å²) in [5.41, 5.74) is -0.573. The molecule has 1 aromatic carbocycles. The molecule has 1 N–H and O–H groups in total. The number of esters is 2. The zero-order valence-corrected chi connectivity index (χ0v) is 33.7. The Morgan fingerprint density at radius 1 is 1.25 bits per heavy atom. The Morgan fingerprint density at radius 2 is 1.96 bits per heavy atom. The predicted molar refractivity (Wildman–Crippen MR) is 203 cm³/mol. The molecule has 8 atom stereocenters. The zero-order chi connectivity index (χ0) is 38.5. The van der Waals surface area contributed by atoms with E-state index in [4.69, 9.17) is 35.3 Å². The van der Waals surface area contributed by atoms with Gasteiger partial charge in [-0.15, -0.1) is 0 Å². The van der Waals surface area contributed by atoms with Gasteiger partial charge in [0.15, 0.2) is 0 Å². The minimum Gasteiger partial charge on any atom is -0.495 e. The van der Waals surface area contributed by atoms with Gasteiger partial charge < -0.3 is 38.6 Å². The molecule has 3 heterocycles. The van der Waals surface area contributed by atoms with Crippen LogP contribution in [-0.4, -0.2) is 116 Å². The van der Waals surface area contributed by atoms with Gasteiger partial charge in [0.2, 0.25) is 11.8 Å². The van der Waals surface area contributed by atoms with Gasteiger partial charge in [-0.25, -0.2) is 4.79 Å². The highest BCUT2D eigenvalue weighted by atomic mass is 35.5. The summed E-state index contributed by atoms with van der Waals surface area (Å²) in [6, 6.07) is 2.66. The van der Waals surface area contributed by atoms with Crippen molar-refractivity contribution in [2.75, 3.05) is 45.2 Å². The summed E-state index contributed by atoms with van der Waals surface area (Å²) in [6.07, 6.45) is 4.23. The van der Waals surface area contributed by atoms with Crippen LogP contribution < -0.4 is 9.64 Å². The Balaban J connectivity index is 1.74. The van der Waals surface area contributed by atoms with Crippen molar-refractivity contribution < 1.29 is 48.0 Å². The number of amides is 2. The van der Waals surface area contributed by atoms with Gasteiger partial charge in [0.05, 0.1) is 31.7 Å². The van der Waals surface area contributed by atoms with Gasteiger partial charge in [-0.05, 0) is 51.1 Å². The molecule has 0 aromatic heterocycles. The van der Waals surface area contributed by atoms with Crippen molar-refractivity contribution in [2.45, 2.75) is 101 Å². The minimum absolute atomic E-state index is 0.0659. The van der Waals surface area contributed by atoms with Gasteiger partial charge in [0.1, 0.15) is 46.3 Å². The van der Waals surface area contributed by atoms with Crippen molar-refractivity contribution in [1.29, 1.82) is 0 Å². The van der Waals surface area contributed by atoms with Gasteiger partial charge in [-0.1, -0.05) is 63.9 Å². The Morgan fingerprint density at radius 3 is 2.62 bits per heavy atom. The fourth-order valence-corrected chi connectivity index (χ4v) is 8.35. The van der Waals surface area contributed by atoms with Crippen molar-refractivity contribution in [2.24, 2.45) is 5.92 Å². The summed E-state index contributed by atoms with van der Waals surface area (Å²) in [7, 11) is 9.21.